The third-order valence-electron chi connectivity index (χ3n) is 3.31. The van der Waals surface area contributed by atoms with Gasteiger partial charge in [0, 0.05) is 23.7 Å². The number of pyridine rings is 1. The Hall–Kier alpha value is -2.16. The minimum atomic E-state index is -4.46. The number of hydrogen-bond acceptors (Lipinski definition) is 5. The Labute approximate surface area is 153 Å². The molecule has 0 fully saturated rings. The lowest BCUT2D eigenvalue weighted by atomic mass is 9.98. The van der Waals surface area contributed by atoms with Crippen molar-refractivity contribution in [2.75, 3.05) is 6.61 Å². The average Bonchev–Trinajstić information content (AvgIpc) is 2.93. The second-order valence-electron chi connectivity index (χ2n) is 6.74. The number of nitrogens with zero attached hydrogens (tertiary/aromatic N) is 2. The summed E-state index contributed by atoms with van der Waals surface area (Å²) >= 11 is 1.31. The molecule has 9 heteroatoms. The minimum Gasteiger partial charge on any atom is -0.468 e. The van der Waals surface area contributed by atoms with Gasteiger partial charge in [0.1, 0.15) is 4.88 Å². The van der Waals surface area contributed by atoms with Crippen LogP contribution >= 0.6 is 11.3 Å². The van der Waals surface area contributed by atoms with E-state index in [1.165, 1.54) is 17.5 Å². The smallest absolute Gasteiger partial charge is 0.422 e. The molecular formula is C17H20F3N3O2S. The number of aromatic nitrogens is 2. The molecule has 2 rings (SSSR count). The van der Waals surface area contributed by atoms with E-state index in [4.69, 9.17) is 4.74 Å². The number of carbonyl (C=O) groups is 1. The first kappa shape index (κ1) is 20.2. The van der Waals surface area contributed by atoms with Crippen LogP contribution in [0.15, 0.2) is 18.3 Å². The summed E-state index contributed by atoms with van der Waals surface area (Å²) in [5.41, 5.74) is 0.816. The number of carbonyl (C=O) groups excluding carboxylic acids is 1. The van der Waals surface area contributed by atoms with Crippen LogP contribution in [-0.2, 0) is 12.0 Å². The van der Waals surface area contributed by atoms with Gasteiger partial charge in [-0.3, -0.25) is 4.79 Å². The molecule has 0 radical (unpaired) electrons. The maximum Gasteiger partial charge on any atom is 0.422 e. The molecule has 5 nitrogen and oxygen atoms in total. The molecular weight excluding hydrogens is 367 g/mol. The van der Waals surface area contributed by atoms with Gasteiger partial charge >= 0.3 is 6.18 Å². The lowest BCUT2D eigenvalue weighted by Gasteiger charge is -2.13. The van der Waals surface area contributed by atoms with Gasteiger partial charge < -0.3 is 10.1 Å². The molecule has 0 aliphatic carbocycles. The highest BCUT2D eigenvalue weighted by Gasteiger charge is 2.29. The summed E-state index contributed by atoms with van der Waals surface area (Å²) in [6, 6.07) is 3.12. The lowest BCUT2D eigenvalue weighted by Crippen LogP contribution is -2.24. The van der Waals surface area contributed by atoms with Crippen molar-refractivity contribution in [3.8, 4) is 5.88 Å². The number of nitrogens with one attached hydrogen (secondary N) is 1. The van der Waals surface area contributed by atoms with Gasteiger partial charge in [-0.15, -0.1) is 11.3 Å². The second-order valence-corrected chi connectivity index (χ2v) is 7.74. The summed E-state index contributed by atoms with van der Waals surface area (Å²) in [5, 5.41) is 3.53. The molecule has 2 aromatic heterocycles. The molecule has 0 aromatic carbocycles. The molecule has 0 unspecified atom stereocenters. The maximum absolute atomic E-state index is 12.4. The summed E-state index contributed by atoms with van der Waals surface area (Å²) in [6.45, 7) is 6.34. The van der Waals surface area contributed by atoms with E-state index >= 15 is 0 Å². The SMILES string of the molecule is Cc1nc(C(C)(C)C)sc1C(=O)NCc1cccnc1OCC(F)(F)F. The van der Waals surface area contributed by atoms with Crippen molar-refractivity contribution in [3.63, 3.8) is 0 Å². The Morgan fingerprint density at radius 3 is 2.58 bits per heavy atom. The zero-order chi connectivity index (χ0) is 19.5. The highest BCUT2D eigenvalue weighted by atomic mass is 32.1. The quantitative estimate of drug-likeness (QED) is 0.842. The lowest BCUT2D eigenvalue weighted by molar-refractivity contribution is -0.154. The standard InChI is InChI=1S/C17H20F3N3O2S/c1-10-12(26-15(23-10)16(2,3)4)13(24)22-8-11-6-5-7-21-14(11)25-9-17(18,19)20/h5-7H,8-9H2,1-4H3,(H,22,24). The van der Waals surface area contributed by atoms with Crippen LogP contribution in [0.2, 0.25) is 0 Å². The van der Waals surface area contributed by atoms with Crippen LogP contribution in [0.1, 0.15) is 46.7 Å². The fourth-order valence-electron chi connectivity index (χ4n) is 2.02. The highest BCUT2D eigenvalue weighted by Crippen LogP contribution is 2.29. The predicted molar refractivity (Wildman–Crippen MR) is 92.5 cm³/mol. The summed E-state index contributed by atoms with van der Waals surface area (Å²) in [5.74, 6) is -0.484. The second kappa shape index (κ2) is 7.61. The van der Waals surface area contributed by atoms with Gasteiger partial charge in [-0.1, -0.05) is 26.8 Å². The van der Waals surface area contributed by atoms with E-state index < -0.39 is 12.8 Å². The zero-order valence-electron chi connectivity index (χ0n) is 14.9. The van der Waals surface area contributed by atoms with Crippen LogP contribution < -0.4 is 10.1 Å². The first-order valence-corrected chi connectivity index (χ1v) is 8.68. The van der Waals surface area contributed by atoms with Gasteiger partial charge in [-0.05, 0) is 13.0 Å². The predicted octanol–water partition coefficient (Wildman–Crippen LogP) is 4.02. The zero-order valence-corrected chi connectivity index (χ0v) is 15.7. The third kappa shape index (κ3) is 5.42. The van der Waals surface area contributed by atoms with Gasteiger partial charge in [0.2, 0.25) is 5.88 Å². The van der Waals surface area contributed by atoms with Crippen LogP contribution in [0.4, 0.5) is 13.2 Å². The molecule has 1 amide bonds. The Morgan fingerprint density at radius 2 is 2.00 bits per heavy atom. The Morgan fingerprint density at radius 1 is 1.31 bits per heavy atom. The molecule has 2 heterocycles. The van der Waals surface area contributed by atoms with E-state index in [2.05, 4.69) is 15.3 Å². The van der Waals surface area contributed by atoms with Crippen molar-refractivity contribution in [1.82, 2.24) is 15.3 Å². The van der Waals surface area contributed by atoms with E-state index in [1.807, 2.05) is 20.8 Å². The van der Waals surface area contributed by atoms with E-state index in [1.54, 1.807) is 19.1 Å². The normalized spacial score (nSPS) is 12.1. The molecule has 1 N–H and O–H groups in total. The van der Waals surface area contributed by atoms with Crippen molar-refractivity contribution in [2.45, 2.75) is 45.8 Å². The first-order chi connectivity index (χ1) is 12.0. The number of alkyl halides is 3. The van der Waals surface area contributed by atoms with E-state index in [0.717, 1.165) is 5.01 Å². The van der Waals surface area contributed by atoms with E-state index in [0.29, 0.717) is 16.1 Å². The molecule has 0 saturated heterocycles. The number of aryl methyl sites for hydroxylation is 1. The van der Waals surface area contributed by atoms with E-state index in [9.17, 15) is 18.0 Å². The molecule has 0 atom stereocenters. The molecule has 142 valence electrons. The van der Waals surface area contributed by atoms with Crippen LogP contribution in [0.3, 0.4) is 0 Å². The van der Waals surface area contributed by atoms with Crippen LogP contribution in [0, 0.1) is 6.92 Å². The van der Waals surface area contributed by atoms with Crippen molar-refractivity contribution >= 4 is 17.2 Å². The van der Waals surface area contributed by atoms with Gasteiger partial charge in [-0.25, -0.2) is 9.97 Å². The van der Waals surface area contributed by atoms with Gasteiger partial charge in [0.05, 0.1) is 10.7 Å². The van der Waals surface area contributed by atoms with Crippen molar-refractivity contribution in [2.24, 2.45) is 0 Å². The maximum atomic E-state index is 12.4. The van der Waals surface area contributed by atoms with Crippen LogP contribution in [0.25, 0.3) is 0 Å². The van der Waals surface area contributed by atoms with Crippen molar-refractivity contribution in [3.05, 3.63) is 39.5 Å². The number of amides is 1. The Bertz CT molecular complexity index is 782. The summed E-state index contributed by atoms with van der Waals surface area (Å²) in [7, 11) is 0. The monoisotopic (exact) mass is 387 g/mol. The van der Waals surface area contributed by atoms with Crippen LogP contribution in [0.5, 0.6) is 5.88 Å². The van der Waals surface area contributed by atoms with Crippen molar-refractivity contribution < 1.29 is 22.7 Å². The molecule has 0 spiro atoms. The summed E-state index contributed by atoms with van der Waals surface area (Å²) < 4.78 is 41.7. The number of ether oxygens (including phenoxy) is 1. The molecule has 0 saturated carbocycles. The topological polar surface area (TPSA) is 64.1 Å². The Kier molecular flexibility index (Phi) is 5.90. The fraction of sp³-hybridized carbons (Fsp3) is 0.471. The average molecular weight is 387 g/mol. The largest absolute Gasteiger partial charge is 0.468 e. The molecule has 2 aromatic rings. The molecule has 0 bridgehead atoms. The third-order valence-corrected chi connectivity index (χ3v) is 4.89. The molecule has 0 aliphatic heterocycles. The first-order valence-electron chi connectivity index (χ1n) is 7.87. The van der Waals surface area contributed by atoms with Crippen molar-refractivity contribution in [1.29, 1.82) is 0 Å². The van der Waals surface area contributed by atoms with Crippen LogP contribution in [-0.4, -0.2) is 28.7 Å². The number of thiazole rings is 1. The highest BCUT2D eigenvalue weighted by molar-refractivity contribution is 7.14. The van der Waals surface area contributed by atoms with Gasteiger partial charge in [-0.2, -0.15) is 13.2 Å². The number of hydrogen-bond donors (Lipinski definition) is 1. The van der Waals surface area contributed by atoms with Gasteiger partial charge in [0.25, 0.3) is 5.91 Å². The van der Waals surface area contributed by atoms with E-state index in [-0.39, 0.29) is 23.7 Å². The molecule has 0 aliphatic rings. The number of halogens is 3. The number of rotatable bonds is 5. The van der Waals surface area contributed by atoms with Gasteiger partial charge in [0.15, 0.2) is 6.61 Å². The minimum absolute atomic E-state index is 0.00204. The fourth-order valence-corrected chi connectivity index (χ4v) is 3.06. The summed E-state index contributed by atoms with van der Waals surface area (Å²) in [4.78, 5) is 21.1. The Balaban J connectivity index is 2.07. The summed E-state index contributed by atoms with van der Waals surface area (Å²) in [6.07, 6.45) is -3.12. The molecule has 26 heavy (non-hydrogen) atoms.